The van der Waals surface area contributed by atoms with Gasteiger partial charge in [-0.25, -0.2) is 4.98 Å². The van der Waals surface area contributed by atoms with Crippen molar-refractivity contribution in [3.8, 4) is 0 Å². The summed E-state index contributed by atoms with van der Waals surface area (Å²) < 4.78 is 7.32. The Labute approximate surface area is 123 Å². The second kappa shape index (κ2) is 5.03. The van der Waals surface area contributed by atoms with Gasteiger partial charge in [0.25, 0.3) is 5.56 Å². The van der Waals surface area contributed by atoms with Crippen LogP contribution in [-0.4, -0.2) is 33.2 Å². The van der Waals surface area contributed by atoms with Crippen LogP contribution < -0.4 is 5.56 Å². The lowest BCUT2D eigenvalue weighted by Crippen LogP contribution is -2.41. The molecule has 0 aromatic carbocycles. The van der Waals surface area contributed by atoms with Gasteiger partial charge >= 0.3 is 0 Å². The zero-order valence-corrected chi connectivity index (χ0v) is 13.1. The fourth-order valence-electron chi connectivity index (χ4n) is 2.76. The van der Waals surface area contributed by atoms with Crippen LogP contribution in [0.1, 0.15) is 51.3 Å². The third-order valence-electron chi connectivity index (χ3n) is 5.00. The lowest BCUT2D eigenvalue weighted by molar-refractivity contribution is -0.0518. The minimum atomic E-state index is -0.557. The quantitative estimate of drug-likeness (QED) is 0.852. The van der Waals surface area contributed by atoms with Gasteiger partial charge in [0, 0.05) is 30.1 Å². The fourth-order valence-corrected chi connectivity index (χ4v) is 2.76. The number of hydrogen-bond donors (Lipinski definition) is 1. The molecule has 6 heteroatoms. The number of ketones is 1. The van der Waals surface area contributed by atoms with Gasteiger partial charge in [0.2, 0.25) is 0 Å². The molecule has 2 atom stereocenters. The van der Waals surface area contributed by atoms with Gasteiger partial charge in [-0.3, -0.25) is 14.2 Å². The van der Waals surface area contributed by atoms with Crippen LogP contribution in [0.2, 0.25) is 0 Å². The van der Waals surface area contributed by atoms with Crippen LogP contribution in [0.5, 0.6) is 0 Å². The van der Waals surface area contributed by atoms with E-state index in [4.69, 9.17) is 4.74 Å². The molecule has 1 aliphatic heterocycles. The summed E-state index contributed by atoms with van der Waals surface area (Å²) in [4.78, 5) is 27.8. The predicted molar refractivity (Wildman–Crippen MR) is 77.1 cm³/mol. The third-order valence-corrected chi connectivity index (χ3v) is 5.00. The molecule has 6 nitrogen and oxygen atoms in total. The maximum absolute atomic E-state index is 12.4. The molecule has 1 fully saturated rings. The number of nitrogens with zero attached hydrogens (tertiary/aromatic N) is 2. The highest BCUT2D eigenvalue weighted by Gasteiger charge is 2.56. The average molecular weight is 294 g/mol. The van der Waals surface area contributed by atoms with Crippen molar-refractivity contribution in [1.82, 2.24) is 9.55 Å². The topological polar surface area (TPSA) is 81.4 Å². The number of rotatable bonds is 3. The summed E-state index contributed by atoms with van der Waals surface area (Å²) in [7, 11) is 0. The molecule has 0 radical (unpaired) electrons. The lowest BCUT2D eigenvalue weighted by atomic mass is 9.66. The van der Waals surface area contributed by atoms with E-state index >= 15 is 0 Å². The van der Waals surface area contributed by atoms with Crippen LogP contribution >= 0.6 is 0 Å². The van der Waals surface area contributed by atoms with Crippen molar-refractivity contribution in [3.05, 3.63) is 28.4 Å². The maximum atomic E-state index is 12.4. The van der Waals surface area contributed by atoms with Crippen molar-refractivity contribution >= 4 is 5.78 Å². The Hall–Kier alpha value is -1.53. The Bertz CT molecular complexity index is 618. The average Bonchev–Trinajstić information content (AvgIpc) is 2.56. The van der Waals surface area contributed by atoms with Crippen LogP contribution in [-0.2, 0) is 4.74 Å². The number of aliphatic hydroxyl groups excluding tert-OH is 1. The summed E-state index contributed by atoms with van der Waals surface area (Å²) in [6.07, 6.45) is 2.02. The molecule has 1 saturated heterocycles. The molecule has 1 aromatic heterocycles. The summed E-state index contributed by atoms with van der Waals surface area (Å²) >= 11 is 0. The van der Waals surface area contributed by atoms with Gasteiger partial charge in [0.15, 0.2) is 11.5 Å². The Balaban J connectivity index is 2.56. The minimum Gasteiger partial charge on any atom is -0.394 e. The Morgan fingerprint density at radius 1 is 1.38 bits per heavy atom. The van der Waals surface area contributed by atoms with Crippen molar-refractivity contribution < 1.29 is 14.6 Å². The van der Waals surface area contributed by atoms with Gasteiger partial charge in [0.05, 0.1) is 12.7 Å². The molecule has 116 valence electrons. The minimum absolute atomic E-state index is 0.0952. The van der Waals surface area contributed by atoms with Crippen molar-refractivity contribution in [1.29, 1.82) is 0 Å². The van der Waals surface area contributed by atoms with Crippen molar-refractivity contribution in [3.63, 3.8) is 0 Å². The molecule has 0 bridgehead atoms. The highest BCUT2D eigenvalue weighted by atomic mass is 16.5. The zero-order valence-electron chi connectivity index (χ0n) is 13.1. The van der Waals surface area contributed by atoms with E-state index in [0.29, 0.717) is 0 Å². The Morgan fingerprint density at radius 3 is 2.48 bits per heavy atom. The molecular weight excluding hydrogens is 272 g/mol. The van der Waals surface area contributed by atoms with Crippen LogP contribution in [0.25, 0.3) is 0 Å². The number of carbonyl (C=O) groups excluding carboxylic acids is 1. The summed E-state index contributed by atoms with van der Waals surface area (Å²) in [5.41, 5.74) is -1.29. The number of hydrogen-bond acceptors (Lipinski definition) is 5. The van der Waals surface area contributed by atoms with E-state index in [2.05, 4.69) is 4.98 Å². The van der Waals surface area contributed by atoms with Crippen LogP contribution in [0.3, 0.4) is 0 Å². The molecule has 2 heterocycles. The smallest absolute Gasteiger partial charge is 0.282 e. The second-order valence-corrected chi connectivity index (χ2v) is 6.65. The molecule has 1 aliphatic rings. The van der Waals surface area contributed by atoms with E-state index in [-0.39, 0.29) is 29.6 Å². The number of ether oxygens (including phenoxy) is 1. The Morgan fingerprint density at radius 2 is 2.00 bits per heavy atom. The highest BCUT2D eigenvalue weighted by Crippen LogP contribution is 2.56. The van der Waals surface area contributed by atoms with E-state index in [1.165, 1.54) is 23.9 Å². The SMILES string of the molecule is CC(=O)c1nccn(C2OC(CO)C(C)(C)C2(C)C)c1=O. The molecule has 0 saturated carbocycles. The molecule has 0 amide bonds. The van der Waals surface area contributed by atoms with Crippen molar-refractivity contribution in [2.24, 2.45) is 10.8 Å². The first-order valence-electron chi connectivity index (χ1n) is 6.99. The maximum Gasteiger partial charge on any atom is 0.282 e. The standard InChI is InChI=1S/C15H22N2O4/c1-9(19)11-12(20)17(7-6-16-11)13-15(4,5)14(2,3)10(8-18)21-13/h6-7,10,13,18H,8H2,1-5H3. The molecular formula is C15H22N2O4. The van der Waals surface area contributed by atoms with E-state index in [0.717, 1.165) is 0 Å². The number of Topliss-reactive ketones (excluding diaryl/α,β-unsaturated/α-hetero) is 1. The molecule has 1 N–H and O–H groups in total. The first-order chi connectivity index (χ1) is 9.64. The molecule has 2 rings (SSSR count). The van der Waals surface area contributed by atoms with Crippen LogP contribution in [0.4, 0.5) is 0 Å². The summed E-state index contributed by atoms with van der Waals surface area (Å²) in [6.45, 7) is 9.20. The van der Waals surface area contributed by atoms with E-state index in [1.54, 1.807) is 0 Å². The molecule has 0 aliphatic carbocycles. The van der Waals surface area contributed by atoms with Crippen molar-refractivity contribution in [2.75, 3.05) is 6.61 Å². The number of aliphatic hydroxyl groups is 1. The second-order valence-electron chi connectivity index (χ2n) is 6.65. The van der Waals surface area contributed by atoms with E-state index in [9.17, 15) is 14.7 Å². The zero-order chi connectivity index (χ0) is 16.0. The van der Waals surface area contributed by atoms with Gasteiger partial charge in [0.1, 0.15) is 6.23 Å². The monoisotopic (exact) mass is 294 g/mol. The summed E-state index contributed by atoms with van der Waals surface area (Å²) in [5.74, 6) is -0.372. The van der Waals surface area contributed by atoms with Crippen molar-refractivity contribution in [2.45, 2.75) is 47.0 Å². The molecule has 2 unspecified atom stereocenters. The van der Waals surface area contributed by atoms with Gasteiger partial charge in [-0.05, 0) is 0 Å². The van der Waals surface area contributed by atoms with E-state index < -0.39 is 17.2 Å². The molecule has 21 heavy (non-hydrogen) atoms. The van der Waals surface area contributed by atoms with Gasteiger partial charge in [-0.2, -0.15) is 0 Å². The van der Waals surface area contributed by atoms with Gasteiger partial charge in [-0.1, -0.05) is 27.7 Å². The number of carbonyl (C=O) groups is 1. The molecule has 1 aromatic rings. The highest BCUT2D eigenvalue weighted by molar-refractivity contribution is 5.91. The Kier molecular flexibility index (Phi) is 3.80. The van der Waals surface area contributed by atoms with Gasteiger partial charge in [-0.15, -0.1) is 0 Å². The first-order valence-corrected chi connectivity index (χ1v) is 6.99. The van der Waals surface area contributed by atoms with Gasteiger partial charge < -0.3 is 9.84 Å². The van der Waals surface area contributed by atoms with Crippen LogP contribution in [0.15, 0.2) is 17.2 Å². The normalized spacial score (nSPS) is 26.8. The van der Waals surface area contributed by atoms with Crippen LogP contribution in [0, 0.1) is 10.8 Å². The molecule has 0 spiro atoms. The summed E-state index contributed by atoms with van der Waals surface area (Å²) in [5, 5.41) is 9.53. The fraction of sp³-hybridized carbons (Fsp3) is 0.667. The third kappa shape index (κ3) is 2.22. The lowest BCUT2D eigenvalue weighted by Gasteiger charge is -2.38. The predicted octanol–water partition coefficient (Wildman–Crippen LogP) is 1.39. The largest absolute Gasteiger partial charge is 0.394 e. The summed E-state index contributed by atoms with van der Waals surface area (Å²) in [6, 6.07) is 0. The number of aromatic nitrogens is 2. The van der Waals surface area contributed by atoms with E-state index in [1.807, 2.05) is 27.7 Å². The first kappa shape index (κ1) is 15.9.